The van der Waals surface area contributed by atoms with Gasteiger partial charge in [-0.15, -0.1) is 0 Å². The van der Waals surface area contributed by atoms with Crippen LogP contribution in [0.1, 0.15) is 26.2 Å². The standard InChI is InChI=1S/C7H10F2/c1-5-4-7(8,9)6(5)2-3-6/h5H,2-4H2,1H3. The topological polar surface area (TPSA) is 0 Å². The number of alkyl halides is 2. The zero-order valence-electron chi connectivity index (χ0n) is 5.45. The zero-order valence-corrected chi connectivity index (χ0v) is 5.45. The molecule has 2 fully saturated rings. The highest BCUT2D eigenvalue weighted by Gasteiger charge is 2.72. The summed E-state index contributed by atoms with van der Waals surface area (Å²) in [5.74, 6) is -2.01. The number of rotatable bonds is 0. The fourth-order valence-electron chi connectivity index (χ4n) is 2.01. The lowest BCUT2D eigenvalue weighted by Gasteiger charge is -2.43. The minimum absolute atomic E-state index is 0.132. The lowest BCUT2D eigenvalue weighted by Crippen LogP contribution is -2.48. The molecule has 2 aliphatic rings. The van der Waals surface area contributed by atoms with E-state index in [1.807, 2.05) is 6.92 Å². The smallest absolute Gasteiger partial charge is 0.206 e. The third kappa shape index (κ3) is 0.437. The van der Waals surface area contributed by atoms with Gasteiger partial charge in [0.2, 0.25) is 0 Å². The third-order valence-electron chi connectivity index (χ3n) is 3.02. The van der Waals surface area contributed by atoms with E-state index >= 15 is 0 Å². The van der Waals surface area contributed by atoms with Gasteiger partial charge in [-0.25, -0.2) is 8.78 Å². The van der Waals surface area contributed by atoms with E-state index in [4.69, 9.17) is 0 Å². The van der Waals surface area contributed by atoms with Gasteiger partial charge in [-0.2, -0.15) is 0 Å². The molecule has 2 heteroatoms. The maximum Gasteiger partial charge on any atom is 0.254 e. The fraction of sp³-hybridized carbons (Fsp3) is 1.00. The number of halogens is 2. The van der Waals surface area contributed by atoms with Crippen LogP contribution in [0.2, 0.25) is 0 Å². The molecule has 52 valence electrons. The maximum atomic E-state index is 12.6. The largest absolute Gasteiger partial charge is 0.254 e. The van der Waals surface area contributed by atoms with Crippen molar-refractivity contribution in [3.8, 4) is 0 Å². The van der Waals surface area contributed by atoms with Crippen molar-refractivity contribution in [3.05, 3.63) is 0 Å². The van der Waals surface area contributed by atoms with E-state index in [2.05, 4.69) is 0 Å². The van der Waals surface area contributed by atoms with Gasteiger partial charge >= 0.3 is 0 Å². The first kappa shape index (κ1) is 5.63. The van der Waals surface area contributed by atoms with E-state index < -0.39 is 11.3 Å². The molecular formula is C7H10F2. The first-order valence-corrected chi connectivity index (χ1v) is 3.46. The summed E-state index contributed by atoms with van der Waals surface area (Å²) in [4.78, 5) is 0. The minimum Gasteiger partial charge on any atom is -0.206 e. The van der Waals surface area contributed by atoms with Crippen LogP contribution < -0.4 is 0 Å². The molecule has 9 heavy (non-hydrogen) atoms. The molecule has 0 nitrogen and oxygen atoms in total. The van der Waals surface area contributed by atoms with E-state index in [0.717, 1.165) is 12.8 Å². The normalized spacial score (nSPS) is 42.3. The highest BCUT2D eigenvalue weighted by atomic mass is 19.3. The Labute approximate surface area is 53.2 Å². The molecule has 0 radical (unpaired) electrons. The first-order chi connectivity index (χ1) is 4.08. The third-order valence-corrected chi connectivity index (χ3v) is 3.02. The lowest BCUT2D eigenvalue weighted by atomic mass is 9.68. The van der Waals surface area contributed by atoms with E-state index in [0.29, 0.717) is 0 Å². The molecular weight excluding hydrogens is 122 g/mol. The van der Waals surface area contributed by atoms with Crippen molar-refractivity contribution in [2.45, 2.75) is 32.1 Å². The van der Waals surface area contributed by atoms with Gasteiger partial charge in [0.15, 0.2) is 0 Å². The van der Waals surface area contributed by atoms with Crippen LogP contribution in [0.15, 0.2) is 0 Å². The Bertz CT molecular complexity index is 147. The molecule has 0 N–H and O–H groups in total. The second-order valence-electron chi connectivity index (χ2n) is 3.47. The van der Waals surface area contributed by atoms with Crippen molar-refractivity contribution in [3.63, 3.8) is 0 Å². The fourth-order valence-corrected chi connectivity index (χ4v) is 2.01. The van der Waals surface area contributed by atoms with Gasteiger partial charge in [0.05, 0.1) is 0 Å². The Morgan fingerprint density at radius 2 is 1.89 bits per heavy atom. The molecule has 0 aromatic rings. The molecule has 2 saturated carbocycles. The predicted octanol–water partition coefficient (Wildman–Crippen LogP) is 2.44. The Morgan fingerprint density at radius 1 is 1.33 bits per heavy atom. The summed E-state index contributed by atoms with van der Waals surface area (Å²) >= 11 is 0. The molecule has 1 unspecified atom stereocenters. The van der Waals surface area contributed by atoms with Gasteiger partial charge in [-0.05, 0) is 18.8 Å². The lowest BCUT2D eigenvalue weighted by molar-refractivity contribution is -0.186. The molecule has 2 rings (SSSR count). The summed E-state index contributed by atoms with van der Waals surface area (Å²) < 4.78 is 25.3. The van der Waals surface area contributed by atoms with Gasteiger partial charge in [-0.1, -0.05) is 6.92 Å². The van der Waals surface area contributed by atoms with Gasteiger partial charge in [0, 0.05) is 11.8 Å². The van der Waals surface area contributed by atoms with Crippen LogP contribution in [0.4, 0.5) is 8.78 Å². The summed E-state index contributed by atoms with van der Waals surface area (Å²) in [5.41, 5.74) is -0.507. The quantitative estimate of drug-likeness (QED) is 0.475. The summed E-state index contributed by atoms with van der Waals surface area (Å²) in [6, 6.07) is 0. The van der Waals surface area contributed by atoms with Crippen LogP contribution in [-0.4, -0.2) is 5.92 Å². The summed E-state index contributed by atoms with van der Waals surface area (Å²) in [5, 5.41) is 0. The van der Waals surface area contributed by atoms with Gasteiger partial charge in [0.25, 0.3) is 5.92 Å². The monoisotopic (exact) mass is 132 g/mol. The van der Waals surface area contributed by atoms with Crippen LogP contribution in [-0.2, 0) is 0 Å². The number of hydrogen-bond acceptors (Lipinski definition) is 0. The van der Waals surface area contributed by atoms with Crippen molar-refractivity contribution in [1.82, 2.24) is 0 Å². The van der Waals surface area contributed by atoms with Gasteiger partial charge < -0.3 is 0 Å². The molecule has 0 aromatic heterocycles. The molecule has 1 atom stereocenters. The van der Waals surface area contributed by atoms with E-state index in [-0.39, 0.29) is 12.3 Å². The van der Waals surface area contributed by atoms with Gasteiger partial charge in [-0.3, -0.25) is 0 Å². The molecule has 0 aliphatic heterocycles. The van der Waals surface area contributed by atoms with Crippen molar-refractivity contribution < 1.29 is 8.78 Å². The highest BCUT2D eigenvalue weighted by molar-refractivity contribution is 5.15. The molecule has 2 aliphatic carbocycles. The predicted molar refractivity (Wildman–Crippen MR) is 30.4 cm³/mol. The Kier molecular flexibility index (Phi) is 0.725. The summed E-state index contributed by atoms with van der Waals surface area (Å²) in [7, 11) is 0. The molecule has 0 saturated heterocycles. The summed E-state index contributed by atoms with van der Waals surface area (Å²) in [6.45, 7) is 1.93. The second kappa shape index (κ2) is 1.16. The number of hydrogen-bond donors (Lipinski definition) is 0. The van der Waals surface area contributed by atoms with Crippen LogP contribution in [0.5, 0.6) is 0 Å². The molecule has 0 heterocycles. The first-order valence-electron chi connectivity index (χ1n) is 3.46. The van der Waals surface area contributed by atoms with Crippen LogP contribution in [0.3, 0.4) is 0 Å². The van der Waals surface area contributed by atoms with E-state index in [1.165, 1.54) is 0 Å². The maximum absolute atomic E-state index is 12.6. The van der Waals surface area contributed by atoms with E-state index in [1.54, 1.807) is 0 Å². The minimum atomic E-state index is -2.30. The van der Waals surface area contributed by atoms with Gasteiger partial charge in [0.1, 0.15) is 0 Å². The molecule has 0 aromatic carbocycles. The van der Waals surface area contributed by atoms with Crippen LogP contribution in [0, 0.1) is 11.3 Å². The molecule has 0 amide bonds. The van der Waals surface area contributed by atoms with Crippen molar-refractivity contribution in [2.75, 3.05) is 0 Å². The Morgan fingerprint density at radius 3 is 2.00 bits per heavy atom. The van der Waals surface area contributed by atoms with E-state index in [9.17, 15) is 8.78 Å². The highest BCUT2D eigenvalue weighted by Crippen LogP contribution is 2.72. The van der Waals surface area contributed by atoms with Crippen molar-refractivity contribution in [2.24, 2.45) is 11.3 Å². The summed E-state index contributed by atoms with van der Waals surface area (Å²) in [6.07, 6.45) is 1.66. The average Bonchev–Trinajstić information content (AvgIpc) is 2.40. The Balaban J connectivity index is 2.20. The van der Waals surface area contributed by atoms with Crippen molar-refractivity contribution in [1.29, 1.82) is 0 Å². The van der Waals surface area contributed by atoms with Crippen molar-refractivity contribution >= 4 is 0 Å². The van der Waals surface area contributed by atoms with Crippen LogP contribution >= 0.6 is 0 Å². The SMILES string of the molecule is CC1CC(F)(F)C12CC2. The zero-order chi connectivity index (χ0) is 6.70. The average molecular weight is 132 g/mol. The molecule has 0 bridgehead atoms. The van der Waals surface area contributed by atoms with Crippen LogP contribution in [0.25, 0.3) is 0 Å². The Hall–Kier alpha value is -0.140. The molecule has 1 spiro atoms. The second-order valence-corrected chi connectivity index (χ2v) is 3.47.